The molecule has 0 heterocycles. The Bertz CT molecular complexity index is 730. The van der Waals surface area contributed by atoms with Gasteiger partial charge in [0.1, 0.15) is 0 Å². The number of nitrogens with one attached hydrogen (secondary N) is 1. The number of carboxylic acid groups (broad SMARTS) is 1. The van der Waals surface area contributed by atoms with E-state index < -0.39 is 5.97 Å². The highest BCUT2D eigenvalue weighted by atomic mass is 16.4. The van der Waals surface area contributed by atoms with Crippen LogP contribution in [0.25, 0.3) is 10.8 Å². The van der Waals surface area contributed by atoms with Crippen molar-refractivity contribution in [3.05, 3.63) is 54.1 Å². The molecule has 2 N–H and O–H groups in total. The lowest BCUT2D eigenvalue weighted by Crippen LogP contribution is -2.16. The fourth-order valence-corrected chi connectivity index (χ4v) is 2.09. The molecule has 0 aromatic heterocycles. The van der Waals surface area contributed by atoms with E-state index >= 15 is 0 Å². The van der Waals surface area contributed by atoms with Gasteiger partial charge in [-0.3, -0.25) is 4.79 Å². The largest absolute Gasteiger partial charge is 0.478 e. The molecule has 0 saturated heterocycles. The molecule has 28 heavy (non-hydrogen) atoms. The zero-order valence-electron chi connectivity index (χ0n) is 18.7. The van der Waals surface area contributed by atoms with Crippen molar-refractivity contribution in [3.63, 3.8) is 0 Å². The zero-order chi connectivity index (χ0) is 22.1. The quantitative estimate of drug-likeness (QED) is 0.547. The van der Waals surface area contributed by atoms with Crippen molar-refractivity contribution in [3.8, 4) is 0 Å². The number of aromatic carboxylic acids is 1. The van der Waals surface area contributed by atoms with Crippen molar-refractivity contribution >= 4 is 28.3 Å². The van der Waals surface area contributed by atoms with Crippen molar-refractivity contribution in [1.29, 1.82) is 0 Å². The molecule has 0 spiro atoms. The smallest absolute Gasteiger partial charge is 0.337 e. The van der Waals surface area contributed by atoms with E-state index in [1.165, 1.54) is 0 Å². The summed E-state index contributed by atoms with van der Waals surface area (Å²) >= 11 is 0. The number of allylic oxidation sites excluding steroid dienone is 2. The molecule has 4 nitrogen and oxygen atoms in total. The molecule has 1 amide bonds. The SMILES string of the molecule is C/C=C\C.CC.CC.CC(C)CC(=O)Nc1cc2ccccc2cc1C(=O)O. The highest BCUT2D eigenvalue weighted by molar-refractivity contribution is 6.05. The topological polar surface area (TPSA) is 66.4 Å². The second-order valence-corrected chi connectivity index (χ2v) is 5.86. The number of hydrogen-bond acceptors (Lipinski definition) is 2. The molecule has 0 unspecified atom stereocenters. The minimum atomic E-state index is -1.05. The van der Waals surface area contributed by atoms with Crippen LogP contribution in [0.5, 0.6) is 0 Å². The molecule has 2 aromatic rings. The lowest BCUT2D eigenvalue weighted by Gasteiger charge is -2.11. The molecule has 0 fully saturated rings. The van der Waals surface area contributed by atoms with Crippen LogP contribution in [0.1, 0.15) is 72.2 Å². The Morgan fingerprint density at radius 3 is 1.82 bits per heavy atom. The van der Waals surface area contributed by atoms with E-state index in [9.17, 15) is 14.7 Å². The average Bonchev–Trinajstić information content (AvgIpc) is 2.70. The van der Waals surface area contributed by atoms with Gasteiger partial charge in [0.2, 0.25) is 5.91 Å². The Morgan fingerprint density at radius 1 is 0.964 bits per heavy atom. The molecular weight excluding hydrogens is 350 g/mol. The summed E-state index contributed by atoms with van der Waals surface area (Å²) in [5, 5.41) is 13.7. The molecule has 2 aromatic carbocycles. The Hall–Kier alpha value is -2.62. The summed E-state index contributed by atoms with van der Waals surface area (Å²) in [6, 6.07) is 10.8. The zero-order valence-corrected chi connectivity index (χ0v) is 18.7. The summed E-state index contributed by atoms with van der Waals surface area (Å²) < 4.78 is 0. The van der Waals surface area contributed by atoms with Crippen molar-refractivity contribution in [2.75, 3.05) is 5.32 Å². The average molecular weight is 388 g/mol. The molecule has 0 bridgehead atoms. The minimum absolute atomic E-state index is 0.112. The molecular formula is C24H37NO3. The van der Waals surface area contributed by atoms with Gasteiger partial charge >= 0.3 is 5.97 Å². The van der Waals surface area contributed by atoms with Gasteiger partial charge in [-0.2, -0.15) is 0 Å². The number of anilines is 1. The molecule has 0 aliphatic carbocycles. The Morgan fingerprint density at radius 2 is 1.43 bits per heavy atom. The molecule has 0 atom stereocenters. The third kappa shape index (κ3) is 10.5. The number of carboxylic acids is 1. The number of hydrogen-bond donors (Lipinski definition) is 2. The van der Waals surface area contributed by atoms with E-state index in [1.54, 1.807) is 12.1 Å². The van der Waals surface area contributed by atoms with Crippen LogP contribution in [0.2, 0.25) is 0 Å². The summed E-state index contributed by atoms with van der Waals surface area (Å²) in [7, 11) is 0. The van der Waals surface area contributed by atoms with Gasteiger partial charge in [-0.25, -0.2) is 4.79 Å². The number of benzene rings is 2. The lowest BCUT2D eigenvalue weighted by molar-refractivity contribution is -0.116. The first-order valence-electron chi connectivity index (χ1n) is 10.0. The van der Waals surface area contributed by atoms with Gasteiger partial charge in [0.25, 0.3) is 0 Å². The predicted octanol–water partition coefficient (Wildman–Crippen LogP) is 7.16. The normalized spacial score (nSPS) is 9.46. The Kier molecular flexibility index (Phi) is 16.3. The van der Waals surface area contributed by atoms with Crippen molar-refractivity contribution in [2.24, 2.45) is 5.92 Å². The molecule has 4 heteroatoms. The van der Waals surface area contributed by atoms with Gasteiger partial charge in [0, 0.05) is 6.42 Å². The molecule has 156 valence electrons. The summed E-state index contributed by atoms with van der Waals surface area (Å²) in [4.78, 5) is 23.1. The van der Waals surface area contributed by atoms with Crippen LogP contribution in [0.4, 0.5) is 5.69 Å². The first kappa shape index (κ1) is 27.6. The number of carbonyl (C=O) groups excluding carboxylic acids is 1. The fourth-order valence-electron chi connectivity index (χ4n) is 2.09. The van der Waals surface area contributed by atoms with Gasteiger partial charge in [0.15, 0.2) is 0 Å². The molecule has 0 saturated carbocycles. The van der Waals surface area contributed by atoms with Crippen LogP contribution < -0.4 is 5.32 Å². The van der Waals surface area contributed by atoms with Crippen molar-refractivity contribution < 1.29 is 14.7 Å². The predicted molar refractivity (Wildman–Crippen MR) is 122 cm³/mol. The number of fused-ring (bicyclic) bond motifs is 1. The number of rotatable bonds is 4. The summed E-state index contributed by atoms with van der Waals surface area (Å²) in [6.07, 6.45) is 4.37. The standard InChI is InChI=1S/C16H17NO3.C4H8.2C2H6/c1-10(2)7-15(18)17-14-9-12-6-4-3-5-11(12)8-13(14)16(19)20;1-3-4-2;2*1-2/h3-6,8-10H,7H2,1-2H3,(H,17,18)(H,19,20);3-4H,1-2H3;2*1-2H3/b;4-3-;;. The van der Waals surface area contributed by atoms with E-state index in [0.717, 1.165) is 10.8 Å². The van der Waals surface area contributed by atoms with Crippen LogP contribution in [-0.4, -0.2) is 17.0 Å². The highest BCUT2D eigenvalue weighted by Crippen LogP contribution is 2.24. The number of amides is 1. The van der Waals surface area contributed by atoms with E-state index in [1.807, 2.05) is 91.8 Å². The second-order valence-electron chi connectivity index (χ2n) is 5.86. The maximum absolute atomic E-state index is 11.8. The van der Waals surface area contributed by atoms with E-state index in [2.05, 4.69) is 5.32 Å². The minimum Gasteiger partial charge on any atom is -0.478 e. The van der Waals surface area contributed by atoms with Crippen molar-refractivity contribution in [2.45, 2.75) is 61.8 Å². The van der Waals surface area contributed by atoms with E-state index in [-0.39, 0.29) is 17.4 Å². The number of carbonyl (C=O) groups is 2. The molecule has 0 aliphatic heterocycles. The Labute approximate surface area is 170 Å². The van der Waals surface area contributed by atoms with Gasteiger partial charge in [-0.05, 0) is 42.7 Å². The maximum Gasteiger partial charge on any atom is 0.337 e. The van der Waals surface area contributed by atoms with Crippen LogP contribution in [0, 0.1) is 5.92 Å². The van der Waals surface area contributed by atoms with Gasteiger partial charge in [-0.15, -0.1) is 0 Å². The maximum atomic E-state index is 11.8. The van der Waals surface area contributed by atoms with Gasteiger partial charge in [-0.1, -0.05) is 78.0 Å². The van der Waals surface area contributed by atoms with Crippen molar-refractivity contribution in [1.82, 2.24) is 0 Å². The Balaban J connectivity index is 0. The summed E-state index contributed by atoms with van der Waals surface area (Å²) in [5.74, 6) is -0.989. The van der Waals surface area contributed by atoms with Gasteiger partial charge < -0.3 is 10.4 Å². The first-order chi connectivity index (χ1) is 13.4. The molecule has 2 rings (SSSR count). The third-order valence-corrected chi connectivity index (χ3v) is 3.32. The lowest BCUT2D eigenvalue weighted by atomic mass is 10.0. The fraction of sp³-hybridized carbons (Fsp3) is 0.417. The van der Waals surface area contributed by atoms with Crippen LogP contribution in [0.15, 0.2) is 48.6 Å². The van der Waals surface area contributed by atoms with E-state index in [0.29, 0.717) is 12.1 Å². The molecule has 0 radical (unpaired) electrons. The first-order valence-corrected chi connectivity index (χ1v) is 10.0. The van der Waals surface area contributed by atoms with Gasteiger partial charge in [0.05, 0.1) is 11.3 Å². The third-order valence-electron chi connectivity index (χ3n) is 3.32. The van der Waals surface area contributed by atoms with Crippen LogP contribution in [0.3, 0.4) is 0 Å². The summed E-state index contributed by atoms with van der Waals surface area (Å²) in [6.45, 7) is 15.9. The monoisotopic (exact) mass is 387 g/mol. The van der Waals surface area contributed by atoms with E-state index in [4.69, 9.17) is 0 Å². The van der Waals surface area contributed by atoms with Crippen LogP contribution in [-0.2, 0) is 4.79 Å². The molecule has 0 aliphatic rings. The summed E-state index contributed by atoms with van der Waals surface area (Å²) in [5.41, 5.74) is 0.461. The second kappa shape index (κ2) is 16.5. The highest BCUT2D eigenvalue weighted by Gasteiger charge is 2.14. The van der Waals surface area contributed by atoms with Crippen LogP contribution >= 0.6 is 0 Å².